The maximum atomic E-state index is 6.78. The van der Waals surface area contributed by atoms with Crippen molar-refractivity contribution < 1.29 is 39.5 Å². The molecule has 3 aromatic heterocycles. The van der Waals surface area contributed by atoms with E-state index in [9.17, 15) is 0 Å². The van der Waals surface area contributed by atoms with Crippen LogP contribution in [0.5, 0.6) is 11.5 Å². The Hall–Kier alpha value is -5.64. The number of aromatic nitrogens is 3. The molecule has 2 aliphatic heterocycles. The Bertz CT molecular complexity index is 3030. The van der Waals surface area contributed by atoms with E-state index in [2.05, 4.69) is 199 Å². The molecule has 1 fully saturated rings. The van der Waals surface area contributed by atoms with Crippen LogP contribution >= 0.6 is 0 Å². The molecule has 1 saturated heterocycles. The summed E-state index contributed by atoms with van der Waals surface area (Å²) in [5.74, 6) is 1.82. The molecular formula is C53H51B3N5O4Pt-3. The van der Waals surface area contributed by atoms with E-state index in [1.807, 2.05) is 24.4 Å². The van der Waals surface area contributed by atoms with Crippen LogP contribution in [-0.4, -0.2) is 35.9 Å². The number of anilines is 4. The number of rotatable bonds is 7. The Morgan fingerprint density at radius 3 is 2.03 bits per heavy atom. The van der Waals surface area contributed by atoms with Gasteiger partial charge in [-0.1, -0.05) is 159 Å². The van der Waals surface area contributed by atoms with E-state index in [1.165, 1.54) is 5.56 Å². The molecule has 2 aliphatic rings. The fraction of sp³-hybridized carbons (Fsp3) is 0.226. The third-order valence-corrected chi connectivity index (χ3v) is 12.0. The smallest absolute Gasteiger partial charge is 0.468 e. The molecule has 0 N–H and O–H groups in total. The quantitative estimate of drug-likeness (QED) is 0.115. The van der Waals surface area contributed by atoms with Gasteiger partial charge in [-0.05, 0) is 69.1 Å². The molecular weight excluding hydrogens is 998 g/mol. The molecule has 0 unspecified atom stereocenters. The van der Waals surface area contributed by atoms with Gasteiger partial charge in [-0.15, -0.1) is 30.3 Å². The first-order valence-corrected chi connectivity index (χ1v) is 22.3. The molecule has 5 aromatic carbocycles. The molecule has 0 bridgehead atoms. The van der Waals surface area contributed by atoms with Crippen molar-refractivity contribution >= 4 is 71.4 Å². The normalized spacial score (nSPS) is 14.5. The van der Waals surface area contributed by atoms with E-state index in [-0.39, 0.29) is 37.1 Å². The SMILES string of the molecule is CC(C)(C)B1OB(c2cccc(-c3ccccc3)c2N2[CH-]N(c3[c-]c(Oc4[c-]c5c(cc4)c4ccccc4n5-c4cc(C(C)(C)C)ccn4)cnc3)c3ccccc32)OB(C(C)(C)C)O1.[Pt]. The minimum Gasteiger partial charge on any atom is -0.508 e. The second-order valence-electron chi connectivity index (χ2n) is 20.1. The Kier molecular flexibility index (Phi) is 12.1. The summed E-state index contributed by atoms with van der Waals surface area (Å²) in [5.41, 5.74) is 9.61. The van der Waals surface area contributed by atoms with Crippen LogP contribution in [0.15, 0.2) is 140 Å². The first-order chi connectivity index (χ1) is 31.1. The maximum absolute atomic E-state index is 6.78. The number of pyridine rings is 2. The average Bonchev–Trinajstić information content (AvgIpc) is 3.84. The summed E-state index contributed by atoms with van der Waals surface area (Å²) >= 11 is 0. The molecule has 0 spiro atoms. The number of benzene rings is 5. The summed E-state index contributed by atoms with van der Waals surface area (Å²) in [6, 6.07) is 48.9. The van der Waals surface area contributed by atoms with E-state index < -0.39 is 21.4 Å². The van der Waals surface area contributed by atoms with E-state index in [0.29, 0.717) is 17.2 Å². The fourth-order valence-electron chi connectivity index (χ4n) is 8.59. The van der Waals surface area contributed by atoms with Crippen LogP contribution in [0.2, 0.25) is 10.6 Å². The molecule has 8 aromatic rings. The summed E-state index contributed by atoms with van der Waals surface area (Å²) in [6.45, 7) is 21.5. The summed E-state index contributed by atoms with van der Waals surface area (Å²) in [4.78, 5) is 13.9. The predicted octanol–water partition coefficient (Wildman–Crippen LogP) is 12.7. The van der Waals surface area contributed by atoms with Gasteiger partial charge in [0.2, 0.25) is 0 Å². The van der Waals surface area contributed by atoms with E-state index in [0.717, 1.165) is 61.3 Å². The average molecular weight is 1050 g/mol. The largest absolute Gasteiger partial charge is 0.508 e. The van der Waals surface area contributed by atoms with Gasteiger partial charge < -0.3 is 37.8 Å². The number of hydrogen-bond acceptors (Lipinski definition) is 8. The van der Waals surface area contributed by atoms with Crippen molar-refractivity contribution in [2.45, 2.75) is 78.4 Å². The maximum Gasteiger partial charge on any atom is 0.468 e. The second-order valence-corrected chi connectivity index (χ2v) is 20.1. The van der Waals surface area contributed by atoms with Crippen LogP contribution < -0.4 is 20.0 Å². The van der Waals surface area contributed by atoms with Gasteiger partial charge in [-0.2, -0.15) is 6.07 Å². The zero-order chi connectivity index (χ0) is 45.3. The summed E-state index contributed by atoms with van der Waals surface area (Å²) in [5, 5.41) is 1.56. The Morgan fingerprint density at radius 2 is 1.32 bits per heavy atom. The molecule has 0 radical (unpaired) electrons. The summed E-state index contributed by atoms with van der Waals surface area (Å²) in [6.07, 6.45) is 5.37. The molecule has 66 heavy (non-hydrogen) atoms. The molecule has 0 amide bonds. The standard InChI is InChI=1S/C53H51B3N5O4.Pt/c1-51(2,3)37-28-29-58-49(30-37)61-45-23-14-13-20-42(45)43-27-26-39(32-48(43)61)62-40-31-38(33-57-34-40)59-35-60(47-25-16-15-24-46(47)59)50-41(36-18-11-10-12-19-36)21-17-22-44(50)54-63-55(52(4,5)6)65-56(64-54)53(7,8)9;/h10-30,33-35H,1-9H3;/q-3;. The van der Waals surface area contributed by atoms with E-state index in [4.69, 9.17) is 28.4 Å². The zero-order valence-electron chi connectivity index (χ0n) is 38.8. The van der Waals surface area contributed by atoms with Gasteiger partial charge in [0, 0.05) is 72.4 Å². The first-order valence-electron chi connectivity index (χ1n) is 22.3. The van der Waals surface area contributed by atoms with Crippen molar-refractivity contribution in [3.8, 4) is 28.4 Å². The molecule has 9 nitrogen and oxygen atoms in total. The van der Waals surface area contributed by atoms with Crippen LogP contribution in [0, 0.1) is 18.8 Å². The van der Waals surface area contributed by atoms with Crippen molar-refractivity contribution in [2.24, 2.45) is 0 Å². The van der Waals surface area contributed by atoms with Crippen LogP contribution in [0.25, 0.3) is 38.8 Å². The van der Waals surface area contributed by atoms with E-state index in [1.54, 1.807) is 12.4 Å². The van der Waals surface area contributed by atoms with Gasteiger partial charge >= 0.3 is 21.4 Å². The zero-order valence-corrected chi connectivity index (χ0v) is 41.0. The van der Waals surface area contributed by atoms with Crippen LogP contribution in [-0.2, 0) is 40.2 Å². The molecule has 0 saturated carbocycles. The number of fused-ring (bicyclic) bond motifs is 4. The topological polar surface area (TPSA) is 74.1 Å². The minimum absolute atomic E-state index is 0. The number of nitrogens with zero attached hydrogens (tertiary/aromatic N) is 5. The van der Waals surface area contributed by atoms with Gasteiger partial charge in [0.25, 0.3) is 0 Å². The van der Waals surface area contributed by atoms with Crippen LogP contribution in [0.3, 0.4) is 0 Å². The minimum atomic E-state index is -0.721. The molecule has 13 heteroatoms. The second kappa shape index (κ2) is 17.5. The molecule has 5 heterocycles. The third kappa shape index (κ3) is 8.61. The Labute approximate surface area is 404 Å². The van der Waals surface area contributed by atoms with Gasteiger partial charge in [0.1, 0.15) is 5.82 Å². The molecule has 10 rings (SSSR count). The molecule has 334 valence electrons. The van der Waals surface area contributed by atoms with Gasteiger partial charge in [-0.3, -0.25) is 0 Å². The molecule has 0 atom stereocenters. The fourth-order valence-corrected chi connectivity index (χ4v) is 8.59. The Balaban J connectivity index is 0.00000548. The van der Waals surface area contributed by atoms with Gasteiger partial charge in [-0.25, -0.2) is 4.98 Å². The summed E-state index contributed by atoms with van der Waals surface area (Å²) < 4.78 is 28.8. The van der Waals surface area contributed by atoms with Crippen molar-refractivity contribution in [1.82, 2.24) is 14.5 Å². The van der Waals surface area contributed by atoms with Crippen molar-refractivity contribution in [3.05, 3.63) is 164 Å². The summed E-state index contributed by atoms with van der Waals surface area (Å²) in [7, 11) is -1.74. The number of ether oxygens (including phenoxy) is 1. The predicted molar refractivity (Wildman–Crippen MR) is 266 cm³/mol. The van der Waals surface area contributed by atoms with Crippen molar-refractivity contribution in [1.29, 1.82) is 0 Å². The van der Waals surface area contributed by atoms with Crippen LogP contribution in [0.1, 0.15) is 67.9 Å². The van der Waals surface area contributed by atoms with Crippen molar-refractivity contribution in [2.75, 3.05) is 9.80 Å². The monoisotopic (exact) mass is 1050 g/mol. The number of para-hydroxylation sites is 4. The molecule has 0 aliphatic carbocycles. The van der Waals surface area contributed by atoms with Crippen molar-refractivity contribution in [3.63, 3.8) is 0 Å². The van der Waals surface area contributed by atoms with E-state index >= 15 is 0 Å². The van der Waals surface area contributed by atoms with Gasteiger partial charge in [0.05, 0.1) is 0 Å². The first kappa shape index (κ1) is 45.5. The Morgan fingerprint density at radius 1 is 0.636 bits per heavy atom. The van der Waals surface area contributed by atoms with Gasteiger partial charge in [0.15, 0.2) is 0 Å². The third-order valence-electron chi connectivity index (χ3n) is 12.0. The van der Waals surface area contributed by atoms with Crippen LogP contribution in [0.4, 0.5) is 22.7 Å². The number of hydrogen-bond donors (Lipinski definition) is 0.